The summed E-state index contributed by atoms with van der Waals surface area (Å²) in [7, 11) is 0. The number of carbonyl (C=O) groups excluding carboxylic acids is 2. The van der Waals surface area contributed by atoms with E-state index in [1.165, 1.54) is 28.0 Å². The molecule has 0 aliphatic carbocycles. The zero-order valence-corrected chi connectivity index (χ0v) is 27.8. The quantitative estimate of drug-likeness (QED) is 0.0373. The van der Waals surface area contributed by atoms with Crippen LogP contribution < -0.4 is 14.4 Å². The summed E-state index contributed by atoms with van der Waals surface area (Å²) in [5.74, 6) is -0.423. The molecule has 1 fully saturated rings. The monoisotopic (exact) mass is 683 g/mol. The molecule has 1 aliphatic heterocycles. The number of unbranched alkanes of at least 4 members (excludes halogenated alkanes) is 2. The van der Waals surface area contributed by atoms with E-state index in [4.69, 9.17) is 32.7 Å². The van der Waals surface area contributed by atoms with E-state index in [2.05, 4.69) is 17.1 Å². The van der Waals surface area contributed by atoms with Crippen molar-refractivity contribution in [3.8, 4) is 11.5 Å². The second-order valence-corrected chi connectivity index (χ2v) is 13.1. The molecule has 0 spiro atoms. The predicted octanol–water partition coefficient (Wildman–Crippen LogP) is 8.73. The number of hydrogen-bond donors (Lipinski definition) is 1. The van der Waals surface area contributed by atoms with Gasteiger partial charge in [0.05, 0.1) is 24.8 Å². The van der Waals surface area contributed by atoms with Gasteiger partial charge in [0.1, 0.15) is 5.76 Å². The Morgan fingerprint density at radius 3 is 2.49 bits per heavy atom. The van der Waals surface area contributed by atoms with Gasteiger partial charge in [0.25, 0.3) is 5.78 Å². The van der Waals surface area contributed by atoms with Crippen molar-refractivity contribution >= 4 is 68.9 Å². The van der Waals surface area contributed by atoms with Crippen molar-refractivity contribution in [2.45, 2.75) is 49.2 Å². The number of ether oxygens (including phenoxy) is 2. The fourth-order valence-electron chi connectivity index (χ4n) is 4.84. The molecule has 1 saturated heterocycles. The van der Waals surface area contributed by atoms with Crippen LogP contribution in [0.15, 0.2) is 76.6 Å². The van der Waals surface area contributed by atoms with Crippen LogP contribution in [0.4, 0.5) is 5.13 Å². The Hall–Kier alpha value is -3.57. The van der Waals surface area contributed by atoms with Crippen LogP contribution in [-0.4, -0.2) is 40.2 Å². The molecule has 0 radical (unpaired) electrons. The molecule has 2 heterocycles. The lowest BCUT2D eigenvalue weighted by molar-refractivity contribution is -0.132. The number of aliphatic hydroxyl groups excluding tert-OH is 1. The molecule has 12 heteroatoms. The van der Waals surface area contributed by atoms with Crippen molar-refractivity contribution in [2.75, 3.05) is 18.1 Å². The van der Waals surface area contributed by atoms with Crippen molar-refractivity contribution < 1.29 is 24.2 Å². The highest BCUT2D eigenvalue weighted by Crippen LogP contribution is 2.46. The number of halogens is 2. The lowest BCUT2D eigenvalue weighted by Gasteiger charge is -2.23. The Bertz CT molecular complexity index is 1710. The number of ketones is 1. The average Bonchev–Trinajstić information content (AvgIpc) is 3.61. The van der Waals surface area contributed by atoms with Crippen LogP contribution >= 0.6 is 46.3 Å². The second-order valence-electron chi connectivity index (χ2n) is 10.1. The van der Waals surface area contributed by atoms with E-state index >= 15 is 0 Å². The first kappa shape index (κ1) is 32.8. The molecule has 45 heavy (non-hydrogen) atoms. The number of rotatable bonds is 13. The molecular weight excluding hydrogens is 653 g/mol. The van der Waals surface area contributed by atoms with Gasteiger partial charge in [-0.05, 0) is 66.9 Å². The van der Waals surface area contributed by atoms with E-state index in [0.717, 1.165) is 24.8 Å². The van der Waals surface area contributed by atoms with Crippen LogP contribution in [0.1, 0.15) is 55.8 Å². The molecule has 0 bridgehead atoms. The first-order valence-electron chi connectivity index (χ1n) is 14.5. The molecule has 4 aromatic rings. The van der Waals surface area contributed by atoms with Crippen LogP contribution in [0.25, 0.3) is 5.76 Å². The van der Waals surface area contributed by atoms with Gasteiger partial charge in [-0.1, -0.05) is 90.3 Å². The summed E-state index contributed by atoms with van der Waals surface area (Å²) >= 11 is 15.0. The van der Waals surface area contributed by atoms with Gasteiger partial charge in [-0.2, -0.15) is 0 Å². The van der Waals surface area contributed by atoms with Gasteiger partial charge < -0.3 is 14.6 Å². The summed E-state index contributed by atoms with van der Waals surface area (Å²) in [6.07, 6.45) is 3.01. The Kier molecular flexibility index (Phi) is 11.0. The van der Waals surface area contributed by atoms with Gasteiger partial charge in [0.2, 0.25) is 5.13 Å². The molecule has 1 aromatic heterocycles. The summed E-state index contributed by atoms with van der Waals surface area (Å²) in [6.45, 7) is 4.90. The first-order valence-corrected chi connectivity index (χ1v) is 17.0. The molecule has 5 rings (SSSR count). The third-order valence-corrected chi connectivity index (χ3v) is 9.79. The minimum absolute atomic E-state index is 0.0816. The van der Waals surface area contributed by atoms with Gasteiger partial charge in [0, 0.05) is 21.4 Å². The summed E-state index contributed by atoms with van der Waals surface area (Å²) in [6, 6.07) is 18.2. The van der Waals surface area contributed by atoms with Gasteiger partial charge in [-0.3, -0.25) is 14.5 Å². The van der Waals surface area contributed by atoms with E-state index in [1.54, 1.807) is 42.5 Å². The van der Waals surface area contributed by atoms with Crippen LogP contribution in [0, 0.1) is 0 Å². The van der Waals surface area contributed by atoms with E-state index in [-0.39, 0.29) is 16.5 Å². The minimum atomic E-state index is -1.01. The second kappa shape index (κ2) is 15.1. The molecule has 1 atom stereocenters. The van der Waals surface area contributed by atoms with Crippen LogP contribution in [0.5, 0.6) is 11.5 Å². The summed E-state index contributed by atoms with van der Waals surface area (Å²) in [5.41, 5.74) is 1.73. The lowest BCUT2D eigenvalue weighted by atomic mass is 9.95. The molecule has 3 aromatic carbocycles. The van der Waals surface area contributed by atoms with Crippen LogP contribution in [0.2, 0.25) is 10.0 Å². The van der Waals surface area contributed by atoms with Crippen molar-refractivity contribution in [3.05, 3.63) is 99.0 Å². The largest absolute Gasteiger partial charge is 0.507 e. The topological polar surface area (TPSA) is 102 Å². The number of benzene rings is 3. The predicted molar refractivity (Wildman–Crippen MR) is 180 cm³/mol. The number of Topliss-reactive ketones (excluding diaryl/α,β-unsaturated/α-hetero) is 1. The van der Waals surface area contributed by atoms with Crippen molar-refractivity contribution in [3.63, 3.8) is 0 Å². The fraction of sp³-hybridized carbons (Fsp3) is 0.273. The number of thioether (sulfide) groups is 1. The van der Waals surface area contributed by atoms with E-state index in [9.17, 15) is 14.7 Å². The molecule has 1 aliphatic rings. The highest BCUT2D eigenvalue weighted by Gasteiger charge is 2.48. The number of nitrogens with zero attached hydrogens (tertiary/aromatic N) is 3. The lowest BCUT2D eigenvalue weighted by Crippen LogP contribution is -2.29. The van der Waals surface area contributed by atoms with Gasteiger partial charge in [-0.25, -0.2) is 0 Å². The molecular formula is C33H31Cl2N3O5S2. The zero-order valence-electron chi connectivity index (χ0n) is 24.7. The van der Waals surface area contributed by atoms with Gasteiger partial charge in [0.15, 0.2) is 15.8 Å². The number of aliphatic hydroxyl groups is 1. The maximum absolute atomic E-state index is 13.7. The molecule has 234 valence electrons. The van der Waals surface area contributed by atoms with Crippen LogP contribution in [0.3, 0.4) is 0 Å². The molecule has 0 saturated carbocycles. The van der Waals surface area contributed by atoms with E-state index in [0.29, 0.717) is 56.0 Å². The molecule has 1 amide bonds. The Morgan fingerprint density at radius 1 is 0.978 bits per heavy atom. The SMILES string of the molecule is CCCCCOc1ccc(C2/C(=C(\O)c3ccc(Cl)cc3)C(=O)C(=O)N2c2nnc(SCc3ccccc3Cl)s2)cc1OCC. The summed E-state index contributed by atoms with van der Waals surface area (Å²) < 4.78 is 12.5. The fourth-order valence-corrected chi connectivity index (χ4v) is 7.12. The maximum atomic E-state index is 13.7. The van der Waals surface area contributed by atoms with Crippen molar-refractivity contribution in [1.29, 1.82) is 0 Å². The zero-order chi connectivity index (χ0) is 31.9. The van der Waals surface area contributed by atoms with Gasteiger partial charge in [-0.15, -0.1) is 10.2 Å². The Balaban J connectivity index is 1.55. The number of aromatic nitrogens is 2. The minimum Gasteiger partial charge on any atom is -0.507 e. The van der Waals surface area contributed by atoms with Gasteiger partial charge >= 0.3 is 5.91 Å². The first-order chi connectivity index (χ1) is 21.8. The highest BCUT2D eigenvalue weighted by molar-refractivity contribution is 8.00. The number of amides is 1. The van der Waals surface area contributed by atoms with E-state index < -0.39 is 17.7 Å². The van der Waals surface area contributed by atoms with Crippen LogP contribution in [-0.2, 0) is 15.3 Å². The van der Waals surface area contributed by atoms with E-state index in [1.807, 2.05) is 31.2 Å². The third-order valence-electron chi connectivity index (χ3n) is 7.06. The Morgan fingerprint density at radius 2 is 1.76 bits per heavy atom. The standard InChI is InChI=1S/C33H31Cl2N3O5S2/c1-3-5-8-17-43-25-16-13-21(18-26(25)42-4-2)28-27(29(39)20-11-14-23(34)15-12-20)30(40)31(41)38(28)32-36-37-33(45-32)44-19-22-9-6-7-10-24(22)35/h6-7,9-16,18,28,39H,3-5,8,17,19H2,1-2H3/b29-27+. The molecule has 8 nitrogen and oxygen atoms in total. The smallest absolute Gasteiger partial charge is 0.301 e. The number of anilines is 1. The van der Waals surface area contributed by atoms with Crippen molar-refractivity contribution in [2.24, 2.45) is 0 Å². The number of carbonyl (C=O) groups is 2. The third kappa shape index (κ3) is 7.47. The van der Waals surface area contributed by atoms with Crippen molar-refractivity contribution in [1.82, 2.24) is 10.2 Å². The average molecular weight is 685 g/mol. The number of hydrogen-bond acceptors (Lipinski definition) is 9. The normalized spacial score (nSPS) is 15.9. The Labute approximate surface area is 280 Å². The highest BCUT2D eigenvalue weighted by atomic mass is 35.5. The molecule has 1 N–H and O–H groups in total. The summed E-state index contributed by atoms with van der Waals surface area (Å²) in [4.78, 5) is 28.6. The molecule has 1 unspecified atom stereocenters. The maximum Gasteiger partial charge on any atom is 0.301 e. The summed E-state index contributed by atoms with van der Waals surface area (Å²) in [5, 5.41) is 21.4.